The van der Waals surface area contributed by atoms with Crippen molar-refractivity contribution in [3.63, 3.8) is 0 Å². The topological polar surface area (TPSA) is 57.3 Å². The predicted octanol–water partition coefficient (Wildman–Crippen LogP) is -0.201. The second-order valence-corrected chi connectivity index (χ2v) is 4.50. The van der Waals surface area contributed by atoms with Crippen molar-refractivity contribution in [2.45, 2.75) is 6.54 Å². The van der Waals surface area contributed by atoms with Crippen molar-refractivity contribution in [1.82, 2.24) is 15.6 Å². The van der Waals surface area contributed by atoms with Crippen molar-refractivity contribution in [2.24, 2.45) is 0 Å². The minimum Gasteiger partial charge on any atom is -0.353 e. The number of hydrogen-bond donors (Lipinski definition) is 2. The third-order valence-corrected chi connectivity index (χ3v) is 3.26. The van der Waals surface area contributed by atoms with Crippen LogP contribution < -0.4 is 15.5 Å². The number of amides is 1. The Morgan fingerprint density at radius 2 is 2.60 bits per heavy atom. The highest BCUT2D eigenvalue weighted by molar-refractivity contribution is 7.15. The van der Waals surface area contributed by atoms with Gasteiger partial charge in [-0.1, -0.05) is 0 Å². The van der Waals surface area contributed by atoms with E-state index in [4.69, 9.17) is 0 Å². The van der Waals surface area contributed by atoms with Crippen LogP contribution in [0.5, 0.6) is 0 Å². The summed E-state index contributed by atoms with van der Waals surface area (Å²) < 4.78 is 0. The lowest BCUT2D eigenvalue weighted by Gasteiger charge is -2.25. The molecule has 1 amide bonds. The Kier molecular flexibility index (Phi) is 3.17. The lowest BCUT2D eigenvalue weighted by Crippen LogP contribution is -2.47. The summed E-state index contributed by atoms with van der Waals surface area (Å²) in [4.78, 5) is 18.7. The smallest absolute Gasteiger partial charge is 0.239 e. The van der Waals surface area contributed by atoms with E-state index in [0.717, 1.165) is 18.2 Å². The summed E-state index contributed by atoms with van der Waals surface area (Å²) >= 11 is 1.64. The standard InChI is InChI=1S/C9H14N4OS/c1-10-4-7-5-12-9(15-7)13-3-2-11-8(14)6-13/h5,10H,2-4,6H2,1H3,(H,11,14). The molecule has 0 radical (unpaired) electrons. The van der Waals surface area contributed by atoms with Gasteiger partial charge in [-0.15, -0.1) is 11.3 Å². The van der Waals surface area contributed by atoms with Crippen molar-refractivity contribution in [3.8, 4) is 0 Å². The zero-order valence-electron chi connectivity index (χ0n) is 8.62. The molecule has 0 atom stereocenters. The average Bonchev–Trinajstić information content (AvgIpc) is 2.67. The highest BCUT2D eigenvalue weighted by Crippen LogP contribution is 2.22. The number of aromatic nitrogens is 1. The molecule has 2 heterocycles. The van der Waals surface area contributed by atoms with Crippen LogP contribution in [0.4, 0.5) is 5.13 Å². The number of anilines is 1. The van der Waals surface area contributed by atoms with Crippen molar-refractivity contribution in [2.75, 3.05) is 31.6 Å². The number of nitrogens with zero attached hydrogens (tertiary/aromatic N) is 2. The molecule has 0 aromatic carbocycles. The van der Waals surface area contributed by atoms with Crippen molar-refractivity contribution in [1.29, 1.82) is 0 Å². The predicted molar refractivity (Wildman–Crippen MR) is 60.1 cm³/mol. The number of thiazole rings is 1. The molecule has 5 nitrogen and oxygen atoms in total. The maximum Gasteiger partial charge on any atom is 0.239 e. The molecule has 1 saturated heterocycles. The van der Waals surface area contributed by atoms with E-state index >= 15 is 0 Å². The van der Waals surface area contributed by atoms with Crippen LogP contribution in [-0.2, 0) is 11.3 Å². The van der Waals surface area contributed by atoms with E-state index in [9.17, 15) is 4.79 Å². The van der Waals surface area contributed by atoms with E-state index < -0.39 is 0 Å². The summed E-state index contributed by atoms with van der Waals surface area (Å²) in [5.74, 6) is 0.0756. The summed E-state index contributed by atoms with van der Waals surface area (Å²) in [6.45, 7) is 2.81. The van der Waals surface area contributed by atoms with Gasteiger partial charge in [0.1, 0.15) is 0 Å². The summed E-state index contributed by atoms with van der Waals surface area (Å²) in [7, 11) is 1.91. The normalized spacial score (nSPS) is 16.6. The van der Waals surface area contributed by atoms with Gasteiger partial charge in [0.2, 0.25) is 5.91 Å². The molecule has 1 aromatic rings. The Bertz CT molecular complexity index is 352. The number of rotatable bonds is 3. The molecule has 2 N–H and O–H groups in total. The fraction of sp³-hybridized carbons (Fsp3) is 0.556. The zero-order valence-corrected chi connectivity index (χ0v) is 9.43. The van der Waals surface area contributed by atoms with Crippen molar-refractivity contribution < 1.29 is 4.79 Å². The van der Waals surface area contributed by atoms with E-state index in [2.05, 4.69) is 15.6 Å². The van der Waals surface area contributed by atoms with Gasteiger partial charge in [-0.3, -0.25) is 4.79 Å². The third-order valence-electron chi connectivity index (χ3n) is 2.20. The highest BCUT2D eigenvalue weighted by Gasteiger charge is 2.18. The molecule has 82 valence electrons. The fourth-order valence-corrected chi connectivity index (χ4v) is 2.45. The first-order chi connectivity index (χ1) is 7.29. The first-order valence-electron chi connectivity index (χ1n) is 4.90. The Morgan fingerprint density at radius 3 is 3.33 bits per heavy atom. The molecular weight excluding hydrogens is 212 g/mol. The maximum atomic E-state index is 11.2. The van der Waals surface area contributed by atoms with Gasteiger partial charge in [0.25, 0.3) is 0 Å². The zero-order chi connectivity index (χ0) is 10.7. The first kappa shape index (κ1) is 10.4. The van der Waals surface area contributed by atoms with E-state index in [-0.39, 0.29) is 5.91 Å². The summed E-state index contributed by atoms with van der Waals surface area (Å²) in [6.07, 6.45) is 1.86. The number of carbonyl (C=O) groups excluding carboxylic acids is 1. The molecule has 2 rings (SSSR count). The minimum atomic E-state index is 0.0756. The van der Waals surface area contributed by atoms with Gasteiger partial charge in [-0.25, -0.2) is 4.98 Å². The van der Waals surface area contributed by atoms with Crippen LogP contribution >= 0.6 is 11.3 Å². The molecule has 1 aliphatic rings. The van der Waals surface area contributed by atoms with Crippen LogP contribution in [0, 0.1) is 0 Å². The maximum absolute atomic E-state index is 11.2. The minimum absolute atomic E-state index is 0.0756. The van der Waals surface area contributed by atoms with Crippen molar-refractivity contribution in [3.05, 3.63) is 11.1 Å². The monoisotopic (exact) mass is 226 g/mol. The molecule has 1 aromatic heterocycles. The lowest BCUT2D eigenvalue weighted by molar-refractivity contribution is -0.120. The van der Waals surface area contributed by atoms with E-state index in [0.29, 0.717) is 13.1 Å². The summed E-state index contributed by atoms with van der Waals surface area (Å²) in [6, 6.07) is 0. The molecule has 0 aliphatic carbocycles. The van der Waals surface area contributed by atoms with Gasteiger partial charge < -0.3 is 15.5 Å². The van der Waals surface area contributed by atoms with Gasteiger partial charge in [-0.05, 0) is 7.05 Å². The molecule has 15 heavy (non-hydrogen) atoms. The molecular formula is C9H14N4OS. The van der Waals surface area contributed by atoms with Gasteiger partial charge in [0.05, 0.1) is 6.54 Å². The lowest BCUT2D eigenvalue weighted by atomic mass is 10.4. The van der Waals surface area contributed by atoms with Crippen LogP contribution in [0.3, 0.4) is 0 Å². The molecule has 0 spiro atoms. The average molecular weight is 226 g/mol. The van der Waals surface area contributed by atoms with Gasteiger partial charge >= 0.3 is 0 Å². The van der Waals surface area contributed by atoms with Crippen LogP contribution in [0.1, 0.15) is 4.88 Å². The SMILES string of the molecule is CNCc1cnc(N2CCNC(=O)C2)s1. The van der Waals surface area contributed by atoms with Crippen LogP contribution in [-0.4, -0.2) is 37.6 Å². The number of hydrogen-bond acceptors (Lipinski definition) is 5. The molecule has 0 saturated carbocycles. The van der Waals surface area contributed by atoms with Gasteiger partial charge in [-0.2, -0.15) is 0 Å². The molecule has 0 unspecified atom stereocenters. The van der Waals surface area contributed by atoms with Gasteiger partial charge in [0.15, 0.2) is 5.13 Å². The second kappa shape index (κ2) is 4.59. The summed E-state index contributed by atoms with van der Waals surface area (Å²) in [5.41, 5.74) is 0. The Hall–Kier alpha value is -1.14. The Labute approximate surface area is 92.5 Å². The van der Waals surface area contributed by atoms with Crippen LogP contribution in [0.25, 0.3) is 0 Å². The van der Waals surface area contributed by atoms with Crippen LogP contribution in [0.15, 0.2) is 6.20 Å². The van der Waals surface area contributed by atoms with E-state index in [1.54, 1.807) is 11.3 Å². The Morgan fingerprint density at radius 1 is 1.73 bits per heavy atom. The van der Waals surface area contributed by atoms with Gasteiger partial charge in [0, 0.05) is 30.7 Å². The fourth-order valence-electron chi connectivity index (χ4n) is 1.50. The number of nitrogens with one attached hydrogen (secondary N) is 2. The van der Waals surface area contributed by atoms with Crippen LogP contribution in [0.2, 0.25) is 0 Å². The first-order valence-corrected chi connectivity index (χ1v) is 5.72. The van der Waals surface area contributed by atoms with Crippen molar-refractivity contribution >= 4 is 22.4 Å². The quantitative estimate of drug-likeness (QED) is 0.749. The number of piperazine rings is 1. The molecule has 1 aliphatic heterocycles. The molecule has 1 fully saturated rings. The number of carbonyl (C=O) groups is 1. The second-order valence-electron chi connectivity index (χ2n) is 3.41. The summed E-state index contributed by atoms with van der Waals surface area (Å²) in [5, 5.41) is 6.82. The third kappa shape index (κ3) is 2.45. The highest BCUT2D eigenvalue weighted by atomic mass is 32.1. The van der Waals surface area contributed by atoms with E-state index in [1.807, 2.05) is 18.1 Å². The Balaban J connectivity index is 2.04. The molecule has 6 heteroatoms. The van der Waals surface area contributed by atoms with E-state index in [1.165, 1.54) is 4.88 Å². The molecule has 0 bridgehead atoms. The largest absolute Gasteiger partial charge is 0.353 e.